The molecule has 0 aliphatic carbocycles. The largest absolute Gasteiger partial charge is 0.507 e. The Labute approximate surface area is 134 Å². The lowest BCUT2D eigenvalue weighted by atomic mass is 10.0. The van der Waals surface area contributed by atoms with E-state index in [0.29, 0.717) is 11.8 Å². The summed E-state index contributed by atoms with van der Waals surface area (Å²) in [5.74, 6) is 0.0340. The number of hydrogen-bond acceptors (Lipinski definition) is 4. The molecular formula is C18H20N2O3. The van der Waals surface area contributed by atoms with Crippen LogP contribution in [0.2, 0.25) is 0 Å². The molecule has 1 fully saturated rings. The summed E-state index contributed by atoms with van der Waals surface area (Å²) in [6.07, 6.45) is 2.54. The highest BCUT2D eigenvalue weighted by Gasteiger charge is 2.20. The molecule has 0 atom stereocenters. The van der Waals surface area contributed by atoms with Crippen molar-refractivity contribution in [2.45, 2.75) is 25.8 Å². The SMILES string of the molecule is CC(=O)NC1CCN(c2ccc3c(C=O)c(O)ccc3c2)CC1. The Hall–Kier alpha value is -2.56. The Bertz CT molecular complexity index is 749. The molecule has 0 aromatic heterocycles. The van der Waals surface area contributed by atoms with Crippen molar-refractivity contribution in [1.82, 2.24) is 5.32 Å². The number of carbonyl (C=O) groups is 2. The van der Waals surface area contributed by atoms with Crippen molar-refractivity contribution in [3.8, 4) is 5.75 Å². The van der Waals surface area contributed by atoms with E-state index in [9.17, 15) is 14.7 Å². The van der Waals surface area contributed by atoms with Gasteiger partial charge in [0, 0.05) is 31.7 Å². The molecule has 2 aromatic carbocycles. The summed E-state index contributed by atoms with van der Waals surface area (Å²) in [7, 11) is 0. The lowest BCUT2D eigenvalue weighted by Gasteiger charge is -2.34. The van der Waals surface area contributed by atoms with Gasteiger partial charge in [-0.05, 0) is 41.8 Å². The van der Waals surface area contributed by atoms with Crippen LogP contribution in [0.4, 0.5) is 5.69 Å². The van der Waals surface area contributed by atoms with E-state index in [0.717, 1.165) is 42.4 Å². The smallest absolute Gasteiger partial charge is 0.217 e. The molecule has 1 amide bonds. The van der Waals surface area contributed by atoms with Crippen LogP contribution in [0.5, 0.6) is 5.75 Å². The van der Waals surface area contributed by atoms with Crippen LogP contribution in [0.1, 0.15) is 30.1 Å². The second kappa shape index (κ2) is 6.28. The van der Waals surface area contributed by atoms with E-state index >= 15 is 0 Å². The van der Waals surface area contributed by atoms with Crippen LogP contribution in [-0.2, 0) is 4.79 Å². The molecule has 5 nitrogen and oxygen atoms in total. The van der Waals surface area contributed by atoms with E-state index in [1.165, 1.54) is 0 Å². The lowest BCUT2D eigenvalue weighted by Crippen LogP contribution is -2.44. The number of amides is 1. The minimum atomic E-state index is 0.0105. The molecule has 23 heavy (non-hydrogen) atoms. The van der Waals surface area contributed by atoms with Gasteiger partial charge in [0.2, 0.25) is 5.91 Å². The van der Waals surface area contributed by atoms with E-state index in [1.807, 2.05) is 24.3 Å². The first kappa shape index (κ1) is 15.3. The van der Waals surface area contributed by atoms with Crippen LogP contribution in [-0.4, -0.2) is 36.4 Å². The fraction of sp³-hybridized carbons (Fsp3) is 0.333. The molecule has 120 valence electrons. The molecule has 0 unspecified atom stereocenters. The van der Waals surface area contributed by atoms with Crippen molar-refractivity contribution < 1.29 is 14.7 Å². The molecular weight excluding hydrogens is 292 g/mol. The van der Waals surface area contributed by atoms with Gasteiger partial charge >= 0.3 is 0 Å². The van der Waals surface area contributed by atoms with Gasteiger partial charge in [0.25, 0.3) is 0 Å². The van der Waals surface area contributed by atoms with Crippen molar-refractivity contribution >= 4 is 28.7 Å². The number of rotatable bonds is 3. The van der Waals surface area contributed by atoms with Gasteiger partial charge in [-0.1, -0.05) is 12.1 Å². The molecule has 1 aliphatic rings. The molecule has 0 spiro atoms. The Kier molecular flexibility index (Phi) is 4.19. The summed E-state index contributed by atoms with van der Waals surface area (Å²) in [5, 5.41) is 14.4. The average Bonchev–Trinajstić information content (AvgIpc) is 2.54. The molecule has 0 radical (unpaired) electrons. The maximum atomic E-state index is 11.1. The first-order valence-electron chi connectivity index (χ1n) is 7.81. The summed E-state index contributed by atoms with van der Waals surface area (Å²) < 4.78 is 0. The number of aldehydes is 1. The Morgan fingerprint density at radius 1 is 1.26 bits per heavy atom. The molecule has 1 aliphatic heterocycles. The number of anilines is 1. The summed E-state index contributed by atoms with van der Waals surface area (Å²) in [4.78, 5) is 24.6. The molecule has 3 rings (SSSR count). The van der Waals surface area contributed by atoms with Crippen LogP contribution >= 0.6 is 0 Å². The van der Waals surface area contributed by atoms with Crippen LogP contribution in [0, 0.1) is 0 Å². The Balaban J connectivity index is 1.81. The highest BCUT2D eigenvalue weighted by molar-refractivity contribution is 6.01. The molecule has 1 heterocycles. The van der Waals surface area contributed by atoms with Crippen LogP contribution in [0.15, 0.2) is 30.3 Å². The molecule has 0 saturated carbocycles. The maximum Gasteiger partial charge on any atom is 0.217 e. The number of carbonyl (C=O) groups excluding carboxylic acids is 2. The zero-order valence-corrected chi connectivity index (χ0v) is 13.1. The van der Waals surface area contributed by atoms with Crippen molar-refractivity contribution in [3.63, 3.8) is 0 Å². The summed E-state index contributed by atoms with van der Waals surface area (Å²) >= 11 is 0. The third-order valence-electron chi connectivity index (χ3n) is 4.41. The Morgan fingerprint density at radius 2 is 2.00 bits per heavy atom. The number of nitrogens with zero attached hydrogens (tertiary/aromatic N) is 1. The zero-order valence-electron chi connectivity index (χ0n) is 13.1. The minimum Gasteiger partial charge on any atom is -0.507 e. The van der Waals surface area contributed by atoms with Gasteiger partial charge in [0.05, 0.1) is 5.56 Å². The zero-order chi connectivity index (χ0) is 16.4. The number of aromatic hydroxyl groups is 1. The standard InChI is InChI=1S/C18H20N2O3/c1-12(22)19-14-6-8-20(9-7-14)15-3-4-16-13(10-15)2-5-18(23)17(16)11-21/h2-5,10-11,14,23H,6-9H2,1H3,(H,19,22). The maximum absolute atomic E-state index is 11.1. The third-order valence-corrected chi connectivity index (χ3v) is 4.41. The van der Waals surface area contributed by atoms with E-state index < -0.39 is 0 Å². The molecule has 0 bridgehead atoms. The van der Waals surface area contributed by atoms with Crippen LogP contribution in [0.25, 0.3) is 10.8 Å². The third kappa shape index (κ3) is 3.13. The quantitative estimate of drug-likeness (QED) is 0.854. The monoisotopic (exact) mass is 312 g/mol. The topological polar surface area (TPSA) is 69.6 Å². The van der Waals surface area contributed by atoms with Crippen LogP contribution in [0.3, 0.4) is 0 Å². The van der Waals surface area contributed by atoms with Gasteiger partial charge in [-0.25, -0.2) is 0 Å². The van der Waals surface area contributed by atoms with Gasteiger partial charge in [-0.2, -0.15) is 0 Å². The van der Waals surface area contributed by atoms with Gasteiger partial charge < -0.3 is 15.3 Å². The van der Waals surface area contributed by atoms with E-state index in [-0.39, 0.29) is 17.7 Å². The first-order valence-corrected chi connectivity index (χ1v) is 7.81. The summed E-state index contributed by atoms with van der Waals surface area (Å²) in [6, 6.07) is 9.54. The van der Waals surface area contributed by atoms with Crippen molar-refractivity contribution in [1.29, 1.82) is 0 Å². The van der Waals surface area contributed by atoms with Gasteiger partial charge in [-0.3, -0.25) is 9.59 Å². The number of nitrogens with one attached hydrogen (secondary N) is 1. The van der Waals surface area contributed by atoms with E-state index in [2.05, 4.69) is 10.2 Å². The first-order chi connectivity index (χ1) is 11.1. The van der Waals surface area contributed by atoms with Crippen LogP contribution < -0.4 is 10.2 Å². The number of fused-ring (bicyclic) bond motifs is 1. The number of benzene rings is 2. The minimum absolute atomic E-state index is 0.0105. The van der Waals surface area contributed by atoms with Crippen molar-refractivity contribution in [2.75, 3.05) is 18.0 Å². The normalized spacial score (nSPS) is 15.6. The molecule has 2 aromatic rings. The number of phenols is 1. The van der Waals surface area contributed by atoms with E-state index in [4.69, 9.17) is 0 Å². The second-order valence-corrected chi connectivity index (χ2v) is 5.98. The molecule has 1 saturated heterocycles. The fourth-order valence-electron chi connectivity index (χ4n) is 3.22. The highest BCUT2D eigenvalue weighted by Crippen LogP contribution is 2.30. The van der Waals surface area contributed by atoms with Crippen molar-refractivity contribution in [2.24, 2.45) is 0 Å². The summed E-state index contributed by atoms with van der Waals surface area (Å²) in [6.45, 7) is 3.32. The highest BCUT2D eigenvalue weighted by atomic mass is 16.3. The van der Waals surface area contributed by atoms with Crippen molar-refractivity contribution in [3.05, 3.63) is 35.9 Å². The van der Waals surface area contributed by atoms with Gasteiger partial charge in [0.15, 0.2) is 6.29 Å². The van der Waals surface area contributed by atoms with Gasteiger partial charge in [0.1, 0.15) is 5.75 Å². The predicted molar refractivity (Wildman–Crippen MR) is 90.1 cm³/mol. The summed E-state index contributed by atoms with van der Waals surface area (Å²) in [5.41, 5.74) is 1.43. The van der Waals surface area contributed by atoms with E-state index in [1.54, 1.807) is 13.0 Å². The predicted octanol–water partition coefficient (Wildman–Crippen LogP) is 2.46. The molecule has 2 N–H and O–H groups in total. The fourth-order valence-corrected chi connectivity index (χ4v) is 3.22. The molecule has 5 heteroatoms. The number of piperidine rings is 1. The Morgan fingerprint density at radius 3 is 2.65 bits per heavy atom. The number of phenolic OH excluding ortho intramolecular Hbond substituents is 1. The average molecular weight is 312 g/mol. The lowest BCUT2D eigenvalue weighted by molar-refractivity contribution is -0.119. The van der Waals surface area contributed by atoms with Gasteiger partial charge in [-0.15, -0.1) is 0 Å². The second-order valence-electron chi connectivity index (χ2n) is 5.98. The number of hydrogen-bond donors (Lipinski definition) is 2.